The van der Waals surface area contributed by atoms with Gasteiger partial charge in [0, 0.05) is 13.1 Å². The van der Waals surface area contributed by atoms with E-state index in [0.29, 0.717) is 11.8 Å². The normalized spacial score (nSPS) is 31.5. The number of halogens is 1. The molecule has 0 saturated carbocycles. The molecule has 0 aromatic heterocycles. The third kappa shape index (κ3) is 2.87. The summed E-state index contributed by atoms with van der Waals surface area (Å²) in [4.78, 5) is 13.5. The molecule has 1 rings (SSSR count). The number of amides is 1. The number of rotatable bonds is 1. The molecule has 1 aliphatic rings. The van der Waals surface area contributed by atoms with Crippen LogP contribution in [0.4, 0.5) is 0 Å². The SMILES string of the molecule is C[C@@H]1C[C@@H](C)CN(C(=O)[C@H](C)Cl)C1. The molecule has 1 heterocycles. The first-order valence-electron chi connectivity index (χ1n) is 4.93. The maximum Gasteiger partial charge on any atom is 0.240 e. The molecule has 1 fully saturated rings. The molecule has 0 aliphatic carbocycles. The highest BCUT2D eigenvalue weighted by Gasteiger charge is 2.27. The fourth-order valence-corrected chi connectivity index (χ4v) is 2.23. The van der Waals surface area contributed by atoms with Crippen molar-refractivity contribution in [2.24, 2.45) is 11.8 Å². The van der Waals surface area contributed by atoms with E-state index in [-0.39, 0.29) is 11.3 Å². The van der Waals surface area contributed by atoms with Crippen molar-refractivity contribution in [2.45, 2.75) is 32.6 Å². The van der Waals surface area contributed by atoms with Crippen LogP contribution in [0.1, 0.15) is 27.2 Å². The maximum atomic E-state index is 11.6. The predicted octanol–water partition coefficient (Wildman–Crippen LogP) is 2.12. The van der Waals surface area contributed by atoms with Crippen LogP contribution in [-0.2, 0) is 4.79 Å². The van der Waals surface area contributed by atoms with Gasteiger partial charge in [-0.3, -0.25) is 4.79 Å². The second kappa shape index (κ2) is 4.32. The predicted molar refractivity (Wildman–Crippen MR) is 54.8 cm³/mol. The van der Waals surface area contributed by atoms with Crippen molar-refractivity contribution >= 4 is 17.5 Å². The number of carbonyl (C=O) groups is 1. The van der Waals surface area contributed by atoms with Crippen LogP contribution in [0, 0.1) is 11.8 Å². The Bertz CT molecular complexity index is 183. The Balaban J connectivity index is 2.55. The van der Waals surface area contributed by atoms with Crippen molar-refractivity contribution in [3.8, 4) is 0 Å². The van der Waals surface area contributed by atoms with E-state index in [1.165, 1.54) is 6.42 Å². The lowest BCUT2D eigenvalue weighted by atomic mass is 9.92. The van der Waals surface area contributed by atoms with Crippen LogP contribution in [0.5, 0.6) is 0 Å². The fourth-order valence-electron chi connectivity index (χ4n) is 2.09. The zero-order valence-corrected chi connectivity index (χ0v) is 9.34. The summed E-state index contributed by atoms with van der Waals surface area (Å²) in [7, 11) is 0. The largest absolute Gasteiger partial charge is 0.341 e. The van der Waals surface area contributed by atoms with Gasteiger partial charge in [0.05, 0.1) is 0 Å². The summed E-state index contributed by atoms with van der Waals surface area (Å²) < 4.78 is 0. The minimum absolute atomic E-state index is 0.0834. The van der Waals surface area contributed by atoms with Gasteiger partial charge in [-0.1, -0.05) is 13.8 Å². The summed E-state index contributed by atoms with van der Waals surface area (Å²) in [6.07, 6.45) is 1.22. The Morgan fingerprint density at radius 3 is 2.23 bits per heavy atom. The van der Waals surface area contributed by atoms with Crippen molar-refractivity contribution in [3.63, 3.8) is 0 Å². The van der Waals surface area contributed by atoms with E-state index < -0.39 is 0 Å². The number of nitrogens with zero attached hydrogens (tertiary/aromatic N) is 1. The minimum atomic E-state index is -0.377. The highest BCUT2D eigenvalue weighted by molar-refractivity contribution is 6.30. The first-order chi connectivity index (χ1) is 6.00. The lowest BCUT2D eigenvalue weighted by molar-refractivity contribution is -0.133. The fraction of sp³-hybridized carbons (Fsp3) is 0.900. The molecule has 76 valence electrons. The van der Waals surface area contributed by atoms with Gasteiger partial charge in [0.2, 0.25) is 5.91 Å². The van der Waals surface area contributed by atoms with E-state index in [1.54, 1.807) is 6.92 Å². The maximum absolute atomic E-state index is 11.6. The third-order valence-electron chi connectivity index (χ3n) is 2.52. The highest BCUT2D eigenvalue weighted by atomic mass is 35.5. The van der Waals surface area contributed by atoms with E-state index in [1.807, 2.05) is 4.90 Å². The lowest BCUT2D eigenvalue weighted by Crippen LogP contribution is -2.45. The number of likely N-dealkylation sites (tertiary alicyclic amines) is 1. The summed E-state index contributed by atoms with van der Waals surface area (Å²) in [6.45, 7) is 7.87. The zero-order valence-electron chi connectivity index (χ0n) is 8.59. The van der Waals surface area contributed by atoms with Crippen LogP contribution in [0.15, 0.2) is 0 Å². The molecular weight excluding hydrogens is 186 g/mol. The molecule has 0 spiro atoms. The van der Waals surface area contributed by atoms with Gasteiger partial charge in [-0.15, -0.1) is 11.6 Å². The first-order valence-corrected chi connectivity index (χ1v) is 5.37. The Labute approximate surface area is 85.2 Å². The molecule has 0 unspecified atom stereocenters. The number of hydrogen-bond donors (Lipinski definition) is 0. The van der Waals surface area contributed by atoms with E-state index in [4.69, 9.17) is 11.6 Å². The minimum Gasteiger partial charge on any atom is -0.341 e. The quantitative estimate of drug-likeness (QED) is 0.598. The molecule has 1 amide bonds. The summed E-state index contributed by atoms with van der Waals surface area (Å²) >= 11 is 5.77. The average Bonchev–Trinajstić information content (AvgIpc) is 2.01. The van der Waals surface area contributed by atoms with Gasteiger partial charge < -0.3 is 4.90 Å². The molecule has 1 aliphatic heterocycles. The summed E-state index contributed by atoms with van der Waals surface area (Å²) in [5, 5.41) is -0.377. The molecule has 3 heteroatoms. The molecule has 1 saturated heterocycles. The smallest absolute Gasteiger partial charge is 0.240 e. The topological polar surface area (TPSA) is 20.3 Å². The van der Waals surface area contributed by atoms with Crippen LogP contribution in [0.25, 0.3) is 0 Å². The van der Waals surface area contributed by atoms with Crippen molar-refractivity contribution < 1.29 is 4.79 Å². The van der Waals surface area contributed by atoms with E-state index >= 15 is 0 Å². The van der Waals surface area contributed by atoms with Crippen LogP contribution in [0.2, 0.25) is 0 Å². The zero-order chi connectivity index (χ0) is 10.0. The van der Waals surface area contributed by atoms with Gasteiger partial charge in [-0.05, 0) is 25.2 Å². The van der Waals surface area contributed by atoms with Crippen molar-refractivity contribution in [3.05, 3.63) is 0 Å². The standard InChI is InChI=1S/C10H18ClNO/c1-7-4-8(2)6-12(5-7)10(13)9(3)11/h7-9H,4-6H2,1-3H3/t7-,8-,9+/m1/s1. The molecule has 0 N–H and O–H groups in total. The summed E-state index contributed by atoms with van der Waals surface area (Å²) in [5.74, 6) is 1.31. The molecule has 0 aromatic carbocycles. The monoisotopic (exact) mass is 203 g/mol. The van der Waals surface area contributed by atoms with Crippen molar-refractivity contribution in [1.82, 2.24) is 4.90 Å². The lowest BCUT2D eigenvalue weighted by Gasteiger charge is -2.35. The Morgan fingerprint density at radius 2 is 1.85 bits per heavy atom. The van der Waals surface area contributed by atoms with Gasteiger partial charge in [0.1, 0.15) is 5.38 Å². The third-order valence-corrected chi connectivity index (χ3v) is 2.71. The first kappa shape index (κ1) is 10.8. The highest BCUT2D eigenvalue weighted by Crippen LogP contribution is 2.21. The summed E-state index contributed by atoms with van der Waals surface area (Å²) in [5.41, 5.74) is 0. The molecule has 2 nitrogen and oxygen atoms in total. The van der Waals surface area contributed by atoms with E-state index in [0.717, 1.165) is 13.1 Å². The summed E-state index contributed by atoms with van der Waals surface area (Å²) in [6, 6.07) is 0. The van der Waals surface area contributed by atoms with E-state index in [2.05, 4.69) is 13.8 Å². The van der Waals surface area contributed by atoms with Crippen molar-refractivity contribution in [2.75, 3.05) is 13.1 Å². The van der Waals surface area contributed by atoms with Gasteiger partial charge >= 0.3 is 0 Å². The van der Waals surface area contributed by atoms with Crippen LogP contribution in [-0.4, -0.2) is 29.3 Å². The molecular formula is C10H18ClNO. The van der Waals surface area contributed by atoms with Crippen molar-refractivity contribution in [1.29, 1.82) is 0 Å². The Hall–Kier alpha value is -0.240. The number of piperidine rings is 1. The number of hydrogen-bond acceptors (Lipinski definition) is 1. The average molecular weight is 204 g/mol. The number of alkyl halides is 1. The second-order valence-electron chi connectivity index (χ2n) is 4.31. The Morgan fingerprint density at radius 1 is 1.38 bits per heavy atom. The molecule has 0 bridgehead atoms. The van der Waals surface area contributed by atoms with Crippen LogP contribution >= 0.6 is 11.6 Å². The number of carbonyl (C=O) groups excluding carboxylic acids is 1. The van der Waals surface area contributed by atoms with Crippen LogP contribution < -0.4 is 0 Å². The molecule has 0 radical (unpaired) electrons. The van der Waals surface area contributed by atoms with E-state index in [9.17, 15) is 4.79 Å². The second-order valence-corrected chi connectivity index (χ2v) is 4.96. The Kier molecular flexibility index (Phi) is 3.60. The van der Waals surface area contributed by atoms with Gasteiger partial charge in [0.25, 0.3) is 0 Å². The van der Waals surface area contributed by atoms with Gasteiger partial charge in [0.15, 0.2) is 0 Å². The van der Waals surface area contributed by atoms with Gasteiger partial charge in [-0.25, -0.2) is 0 Å². The molecule has 13 heavy (non-hydrogen) atoms. The van der Waals surface area contributed by atoms with Crippen LogP contribution in [0.3, 0.4) is 0 Å². The van der Waals surface area contributed by atoms with Gasteiger partial charge in [-0.2, -0.15) is 0 Å². The molecule has 3 atom stereocenters. The molecule has 0 aromatic rings.